The minimum atomic E-state index is -4.19. The van der Waals surface area contributed by atoms with Crippen LogP contribution >= 0.6 is 10.7 Å². The van der Waals surface area contributed by atoms with E-state index in [0.717, 1.165) is 0 Å². The van der Waals surface area contributed by atoms with Gasteiger partial charge in [0.15, 0.2) is 17.4 Å². The molecule has 0 heterocycles. The number of rotatable bonds is 0. The molecule has 0 rings (SSSR count). The Morgan fingerprint density at radius 2 is 1.43 bits per heavy atom. The predicted octanol–water partition coefficient (Wildman–Crippen LogP) is -1.16. The summed E-state index contributed by atoms with van der Waals surface area (Å²) in [6.07, 6.45) is 0. The molecule has 3 nitrogen and oxygen atoms in total. The molecule has 0 aromatic rings. The zero-order valence-electron chi connectivity index (χ0n) is 2.40. The quantitative estimate of drug-likeness (QED) is 0.306. The average molecular weight is 202 g/mol. The summed E-state index contributed by atoms with van der Waals surface area (Å²) in [5.41, 5.74) is 0. The Kier molecular flexibility index (Phi) is 12.1. The van der Waals surface area contributed by atoms with Crippen molar-refractivity contribution in [2.75, 3.05) is 0 Å². The van der Waals surface area contributed by atoms with E-state index in [4.69, 9.17) is 13.0 Å². The van der Waals surface area contributed by atoms with Gasteiger partial charge in [0.1, 0.15) is 0 Å². The molecule has 7 heavy (non-hydrogen) atoms. The fraction of sp³-hybridized carbons (Fsp3) is 0. The maximum absolute atomic E-state index is 8.95. The minimum Gasteiger partial charge on any atom is -0.273 e. The summed E-state index contributed by atoms with van der Waals surface area (Å²) in [5.74, 6) is 0. The topological polar surface area (TPSA) is 54.4 Å². The zero-order chi connectivity index (χ0) is 4.50. The van der Waals surface area contributed by atoms with Gasteiger partial charge >= 0.3 is 9.33 Å². The van der Waals surface area contributed by atoms with Crippen LogP contribution in [0, 0.1) is 0 Å². The Bertz CT molecular complexity index is 98.1. The van der Waals surface area contributed by atoms with Crippen molar-refractivity contribution >= 4 is 37.4 Å². The number of hydrogen-bond donors (Lipinski definition) is 1. The van der Waals surface area contributed by atoms with Crippen molar-refractivity contribution in [1.82, 2.24) is 0 Å². The van der Waals surface area contributed by atoms with Crippen molar-refractivity contribution in [2.45, 2.75) is 0 Å². The smallest absolute Gasteiger partial charge is 0.273 e. The van der Waals surface area contributed by atoms with Crippen molar-refractivity contribution < 1.29 is 30.0 Å². The normalized spacial score (nSPS) is 8.29. The van der Waals surface area contributed by atoms with E-state index >= 15 is 0 Å². The van der Waals surface area contributed by atoms with E-state index in [9.17, 15) is 0 Å². The molecule has 0 aliphatic heterocycles. The molecule has 1 N–H and O–H groups in total. The summed E-state index contributed by atoms with van der Waals surface area (Å²) in [4.78, 5) is 0. The first-order valence-corrected chi connectivity index (χ1v) is 2.94. The maximum Gasteiger partial charge on any atom is 0.353 e. The van der Waals surface area contributed by atoms with Crippen LogP contribution in [0.5, 0.6) is 0 Å². The molecule has 7 heteroatoms. The molecule has 0 bridgehead atoms. The largest absolute Gasteiger partial charge is 0.353 e. The summed E-state index contributed by atoms with van der Waals surface area (Å²) in [7, 11) is -0.137. The molecule has 0 fully saturated rings. The van der Waals surface area contributed by atoms with Crippen molar-refractivity contribution in [2.24, 2.45) is 0 Å². The third kappa shape index (κ3) is 128. The van der Waals surface area contributed by atoms with E-state index in [2.05, 4.69) is 10.7 Å². The van der Waals surface area contributed by atoms with Gasteiger partial charge in [-0.1, -0.05) is 0 Å². The molecule has 46 valence electrons. The molecule has 0 radical (unpaired) electrons. The van der Waals surface area contributed by atoms with E-state index in [1.807, 2.05) is 0 Å². The molecule has 0 aromatic carbocycles. The Balaban J connectivity index is -0.0000000800. The van der Waals surface area contributed by atoms with Crippen LogP contribution in [-0.2, 0) is 26.4 Å². The molecule has 0 spiro atoms. The first kappa shape index (κ1) is 15.7. The second-order valence-corrected chi connectivity index (χ2v) is 2.41. The molecule has 0 unspecified atom stereocenters. The minimum absolute atomic E-state index is 0. The Labute approximate surface area is 67.3 Å². The maximum atomic E-state index is 8.95. The summed E-state index contributed by atoms with van der Waals surface area (Å²) in [6.45, 7) is 0. The van der Waals surface area contributed by atoms with Gasteiger partial charge in [-0.3, -0.25) is 4.55 Å². The van der Waals surface area contributed by atoms with E-state index in [1.54, 1.807) is 0 Å². The molecule has 0 atom stereocenters. The molecule has 0 saturated carbocycles. The molecule has 0 aliphatic carbocycles. The van der Waals surface area contributed by atoms with E-state index < -0.39 is 9.33 Å². The summed E-state index contributed by atoms with van der Waals surface area (Å²) >= 11 is 0. The van der Waals surface area contributed by atoms with E-state index in [1.165, 1.54) is 0 Å². The third-order valence-electron chi connectivity index (χ3n) is 0. The van der Waals surface area contributed by atoms with Gasteiger partial charge in [-0.2, -0.15) is 8.42 Å². The van der Waals surface area contributed by atoms with Gasteiger partial charge in [0.05, 0.1) is 0 Å². The fourth-order valence-electron chi connectivity index (χ4n) is 0. The summed E-state index contributed by atoms with van der Waals surface area (Å²) in [5, 5.41) is 0. The van der Waals surface area contributed by atoms with Gasteiger partial charge < -0.3 is 0 Å². The molecule has 0 amide bonds. The van der Waals surface area contributed by atoms with Gasteiger partial charge in [-0.05, 0) is 0 Å². The summed E-state index contributed by atoms with van der Waals surface area (Å²) in [6, 6.07) is 0. The fourth-order valence-corrected chi connectivity index (χ4v) is 0. The van der Waals surface area contributed by atoms with Gasteiger partial charge in [-0.15, -0.1) is 0 Å². The SMILES string of the molecule is O=S(=O)(O)Cl.[AlH3].[Fe]. The van der Waals surface area contributed by atoms with Crippen molar-refractivity contribution in [1.29, 1.82) is 0 Å². The average Bonchev–Trinajstić information content (AvgIpc) is 0.722. The predicted molar refractivity (Wildman–Crippen MR) is 27.3 cm³/mol. The van der Waals surface area contributed by atoms with Crippen molar-refractivity contribution in [3.63, 3.8) is 0 Å². The second kappa shape index (κ2) is 5.39. The van der Waals surface area contributed by atoms with Gasteiger partial charge in [0.2, 0.25) is 0 Å². The zero-order valence-corrected chi connectivity index (χ0v) is 5.08. The van der Waals surface area contributed by atoms with Crippen LogP contribution in [-0.4, -0.2) is 30.3 Å². The van der Waals surface area contributed by atoms with Gasteiger partial charge in [-0.25, -0.2) is 0 Å². The number of hydrogen-bond acceptors (Lipinski definition) is 2. The van der Waals surface area contributed by atoms with Crippen LogP contribution in [0.4, 0.5) is 0 Å². The summed E-state index contributed by atoms with van der Waals surface area (Å²) < 4.78 is 25.2. The molecule has 0 saturated heterocycles. The van der Waals surface area contributed by atoms with Crippen LogP contribution in [0.3, 0.4) is 0 Å². The van der Waals surface area contributed by atoms with Crippen LogP contribution in [0.25, 0.3) is 0 Å². The molecule has 0 aliphatic rings. The molecular weight excluding hydrogens is 198 g/mol. The van der Waals surface area contributed by atoms with Crippen LogP contribution in [0.1, 0.15) is 0 Å². The van der Waals surface area contributed by atoms with Crippen molar-refractivity contribution in [3.05, 3.63) is 0 Å². The van der Waals surface area contributed by atoms with Gasteiger partial charge in [0, 0.05) is 27.8 Å². The Morgan fingerprint density at radius 3 is 1.43 bits per heavy atom. The van der Waals surface area contributed by atoms with E-state index in [-0.39, 0.29) is 34.4 Å². The monoisotopic (exact) mass is 202 g/mol. The molecule has 0 aromatic heterocycles. The van der Waals surface area contributed by atoms with Crippen LogP contribution in [0.15, 0.2) is 0 Å². The first-order valence-electron chi connectivity index (χ1n) is 0.670. The van der Waals surface area contributed by atoms with Crippen LogP contribution in [0.2, 0.25) is 0 Å². The van der Waals surface area contributed by atoms with Gasteiger partial charge in [0.25, 0.3) is 0 Å². The standard InChI is InChI=1S/Al.ClHO3S.Fe.3H/c;1-5(2,3)4;;;;/h;(H,2,3,4);;;;. The second-order valence-electron chi connectivity index (χ2n) is 0.412. The Morgan fingerprint density at radius 1 is 1.43 bits per heavy atom. The Hall–Kier alpha value is 1.25. The third-order valence-corrected chi connectivity index (χ3v) is 0. The van der Waals surface area contributed by atoms with Crippen molar-refractivity contribution in [3.8, 4) is 0 Å². The first-order chi connectivity index (χ1) is 2.00. The number of halogens is 1. The van der Waals surface area contributed by atoms with E-state index in [0.29, 0.717) is 0 Å². The molecular formula is H4AlClFeO3S. The van der Waals surface area contributed by atoms with Crippen LogP contribution < -0.4 is 0 Å².